The number of rotatable bonds is 1. The number of nitrogens with zero attached hydrogens (tertiary/aromatic N) is 3. The van der Waals surface area contributed by atoms with Gasteiger partial charge in [0.15, 0.2) is 5.65 Å². The van der Waals surface area contributed by atoms with Crippen LogP contribution in [0.25, 0.3) is 11.0 Å². The molecule has 144 valence electrons. The van der Waals surface area contributed by atoms with E-state index in [2.05, 4.69) is 15.4 Å². The Morgan fingerprint density at radius 3 is 2.54 bits per heavy atom. The lowest BCUT2D eigenvalue weighted by Gasteiger charge is -2.39. The van der Waals surface area contributed by atoms with Gasteiger partial charge in [-0.25, -0.2) is 4.98 Å². The summed E-state index contributed by atoms with van der Waals surface area (Å²) in [5, 5.41) is 6.54. The number of hydrogen-bond donors (Lipinski definition) is 2. The first-order valence-corrected chi connectivity index (χ1v) is 8.55. The number of aryl methyl sites for hydroxylation is 2. The first-order chi connectivity index (χ1) is 11.5. The third-order valence-electron chi connectivity index (χ3n) is 5.62. The van der Waals surface area contributed by atoms with Crippen LogP contribution in [0.15, 0.2) is 10.9 Å². The molecule has 2 aliphatic rings. The summed E-state index contributed by atoms with van der Waals surface area (Å²) in [7, 11) is 1.74. The van der Waals surface area contributed by atoms with E-state index in [9.17, 15) is 9.59 Å². The second-order valence-corrected chi connectivity index (χ2v) is 7.23. The topological polar surface area (TPSA) is 83.0 Å². The zero-order chi connectivity index (χ0) is 16.9. The molecule has 0 aromatic carbocycles. The quantitative estimate of drug-likeness (QED) is 0.760. The van der Waals surface area contributed by atoms with E-state index in [0.29, 0.717) is 22.0 Å². The summed E-state index contributed by atoms with van der Waals surface area (Å²) in [6.45, 7) is 5.51. The standard InChI is InChI=1S/C17H23N5O2.2ClH/c1-11-9-12(13-14(19-11)21(2)20-15(13)23)16(24)22-7-4-17(5-8-22)3-6-18-10-17;;/h9,18H,3-8,10H2,1-2H3,(H,20,23);2*1H. The van der Waals surface area contributed by atoms with Crippen molar-refractivity contribution in [2.75, 3.05) is 26.2 Å². The predicted molar refractivity (Wildman–Crippen MR) is 106 cm³/mol. The number of aromatic amines is 1. The average molecular weight is 402 g/mol. The van der Waals surface area contributed by atoms with Crippen LogP contribution < -0.4 is 10.9 Å². The molecule has 2 fully saturated rings. The minimum absolute atomic E-state index is 0. The van der Waals surface area contributed by atoms with E-state index in [-0.39, 0.29) is 36.3 Å². The molecule has 0 saturated carbocycles. The van der Waals surface area contributed by atoms with Crippen molar-refractivity contribution in [1.29, 1.82) is 0 Å². The van der Waals surface area contributed by atoms with Crippen LogP contribution in [-0.2, 0) is 7.05 Å². The Morgan fingerprint density at radius 1 is 1.23 bits per heavy atom. The highest BCUT2D eigenvalue weighted by molar-refractivity contribution is 6.05. The number of carbonyl (C=O) groups excluding carboxylic acids is 1. The van der Waals surface area contributed by atoms with Gasteiger partial charge in [0.25, 0.3) is 11.5 Å². The largest absolute Gasteiger partial charge is 0.339 e. The zero-order valence-electron chi connectivity index (χ0n) is 15.0. The summed E-state index contributed by atoms with van der Waals surface area (Å²) >= 11 is 0. The minimum atomic E-state index is -0.253. The normalized spacial score (nSPS) is 18.6. The third kappa shape index (κ3) is 3.35. The van der Waals surface area contributed by atoms with Crippen LogP contribution >= 0.6 is 24.8 Å². The number of amides is 1. The van der Waals surface area contributed by atoms with Gasteiger partial charge in [0.05, 0.1) is 10.9 Å². The molecule has 0 radical (unpaired) electrons. The molecular formula is C17H25Cl2N5O2. The summed E-state index contributed by atoms with van der Waals surface area (Å²) in [6, 6.07) is 1.74. The first kappa shape index (κ1) is 20.7. The SMILES string of the molecule is Cc1cc(C(=O)N2CCC3(CCNC3)CC2)c2c(=O)[nH]n(C)c2n1.Cl.Cl. The Balaban J connectivity index is 0.00000121. The summed E-state index contributed by atoms with van der Waals surface area (Å²) < 4.78 is 1.58. The highest BCUT2D eigenvalue weighted by Crippen LogP contribution is 2.37. The lowest BCUT2D eigenvalue weighted by atomic mass is 9.78. The van der Waals surface area contributed by atoms with E-state index in [1.54, 1.807) is 17.8 Å². The van der Waals surface area contributed by atoms with E-state index < -0.39 is 0 Å². The fourth-order valence-electron chi connectivity index (χ4n) is 4.13. The Bertz CT molecular complexity index is 860. The Hall–Kier alpha value is -1.57. The molecule has 2 saturated heterocycles. The molecule has 9 heteroatoms. The molecule has 0 aliphatic carbocycles. The van der Waals surface area contributed by atoms with Crippen molar-refractivity contribution in [3.8, 4) is 0 Å². The maximum Gasteiger partial charge on any atom is 0.274 e. The van der Waals surface area contributed by atoms with Crippen molar-refractivity contribution >= 4 is 41.8 Å². The van der Waals surface area contributed by atoms with Crippen LogP contribution in [0.1, 0.15) is 35.3 Å². The van der Waals surface area contributed by atoms with Gasteiger partial charge in [-0.1, -0.05) is 0 Å². The second kappa shape index (κ2) is 7.58. The number of halogens is 2. The van der Waals surface area contributed by atoms with Crippen LogP contribution in [0, 0.1) is 12.3 Å². The van der Waals surface area contributed by atoms with Gasteiger partial charge in [-0.15, -0.1) is 24.8 Å². The number of hydrogen-bond acceptors (Lipinski definition) is 4. The van der Waals surface area contributed by atoms with Gasteiger partial charge in [0.1, 0.15) is 0 Å². The summed E-state index contributed by atoms with van der Waals surface area (Å²) in [5.74, 6) is -0.0528. The van der Waals surface area contributed by atoms with Gasteiger partial charge >= 0.3 is 0 Å². The monoisotopic (exact) mass is 401 g/mol. The van der Waals surface area contributed by atoms with E-state index in [1.807, 2.05) is 11.8 Å². The molecule has 26 heavy (non-hydrogen) atoms. The van der Waals surface area contributed by atoms with Crippen LogP contribution in [0.2, 0.25) is 0 Å². The maximum atomic E-state index is 13.1. The molecule has 0 bridgehead atoms. The van der Waals surface area contributed by atoms with E-state index in [1.165, 1.54) is 6.42 Å². The summed E-state index contributed by atoms with van der Waals surface area (Å²) in [6.07, 6.45) is 3.26. The molecule has 7 nitrogen and oxygen atoms in total. The van der Waals surface area contributed by atoms with Gasteiger partial charge in [-0.2, -0.15) is 0 Å². The molecule has 0 atom stereocenters. The number of likely N-dealkylation sites (tertiary alicyclic amines) is 1. The number of fused-ring (bicyclic) bond motifs is 1. The lowest BCUT2D eigenvalue weighted by Crippen LogP contribution is -2.44. The number of piperidine rings is 1. The second-order valence-electron chi connectivity index (χ2n) is 7.23. The van der Waals surface area contributed by atoms with Crippen molar-refractivity contribution in [3.63, 3.8) is 0 Å². The Labute approximate surface area is 164 Å². The zero-order valence-corrected chi connectivity index (χ0v) is 16.6. The van der Waals surface area contributed by atoms with Crippen molar-refractivity contribution in [3.05, 3.63) is 27.7 Å². The molecule has 2 N–H and O–H groups in total. The van der Waals surface area contributed by atoms with Crippen LogP contribution in [0.5, 0.6) is 0 Å². The van der Waals surface area contributed by atoms with E-state index in [4.69, 9.17) is 0 Å². The predicted octanol–water partition coefficient (Wildman–Crippen LogP) is 1.63. The Morgan fingerprint density at radius 2 is 1.92 bits per heavy atom. The first-order valence-electron chi connectivity index (χ1n) is 8.55. The smallest absolute Gasteiger partial charge is 0.274 e. The van der Waals surface area contributed by atoms with Gasteiger partial charge in [-0.3, -0.25) is 19.4 Å². The highest BCUT2D eigenvalue weighted by atomic mass is 35.5. The summed E-state index contributed by atoms with van der Waals surface area (Å²) in [4.78, 5) is 31.6. The molecule has 4 heterocycles. The van der Waals surface area contributed by atoms with E-state index >= 15 is 0 Å². The van der Waals surface area contributed by atoms with Crippen molar-refractivity contribution < 1.29 is 4.79 Å². The van der Waals surface area contributed by atoms with Gasteiger partial charge in [0, 0.05) is 32.4 Å². The summed E-state index contributed by atoms with van der Waals surface area (Å²) in [5.41, 5.74) is 1.87. The third-order valence-corrected chi connectivity index (χ3v) is 5.62. The van der Waals surface area contributed by atoms with E-state index in [0.717, 1.165) is 44.7 Å². The van der Waals surface area contributed by atoms with Gasteiger partial charge < -0.3 is 10.2 Å². The lowest BCUT2D eigenvalue weighted by molar-refractivity contribution is 0.0609. The molecule has 2 aromatic rings. The van der Waals surface area contributed by atoms with Crippen molar-refractivity contribution in [2.24, 2.45) is 12.5 Å². The average Bonchev–Trinajstić information content (AvgIpc) is 3.12. The number of aromatic nitrogens is 3. The molecule has 2 aliphatic heterocycles. The number of nitrogens with one attached hydrogen (secondary N) is 2. The van der Waals surface area contributed by atoms with Gasteiger partial charge in [0.2, 0.25) is 0 Å². The molecule has 0 unspecified atom stereocenters. The molecular weight excluding hydrogens is 377 g/mol. The molecule has 1 amide bonds. The maximum absolute atomic E-state index is 13.1. The Kier molecular flexibility index (Phi) is 6.05. The molecule has 4 rings (SSSR count). The van der Waals surface area contributed by atoms with Gasteiger partial charge in [-0.05, 0) is 44.2 Å². The van der Waals surface area contributed by atoms with Crippen LogP contribution in [0.3, 0.4) is 0 Å². The highest BCUT2D eigenvalue weighted by Gasteiger charge is 2.38. The van der Waals surface area contributed by atoms with Crippen molar-refractivity contribution in [2.45, 2.75) is 26.2 Å². The number of H-pyrrole nitrogens is 1. The molecule has 1 spiro atoms. The molecule has 2 aromatic heterocycles. The fourth-order valence-corrected chi connectivity index (χ4v) is 4.13. The fraction of sp³-hybridized carbons (Fsp3) is 0.588. The van der Waals surface area contributed by atoms with Crippen LogP contribution in [-0.4, -0.2) is 51.8 Å². The number of pyridine rings is 1. The van der Waals surface area contributed by atoms with Crippen molar-refractivity contribution in [1.82, 2.24) is 25.0 Å². The number of carbonyl (C=O) groups is 1. The van der Waals surface area contributed by atoms with Crippen LogP contribution in [0.4, 0.5) is 0 Å². The minimum Gasteiger partial charge on any atom is -0.339 e.